The molecule has 2 amide bonds. The van der Waals surface area contributed by atoms with Crippen LogP contribution in [0.4, 0.5) is 5.69 Å². The summed E-state index contributed by atoms with van der Waals surface area (Å²) in [6.45, 7) is 12.6. The van der Waals surface area contributed by atoms with E-state index in [0.717, 1.165) is 29.7 Å². The van der Waals surface area contributed by atoms with E-state index in [2.05, 4.69) is 6.58 Å². The van der Waals surface area contributed by atoms with Crippen LogP contribution in [0.1, 0.15) is 69.9 Å². The third kappa shape index (κ3) is 4.91. The highest BCUT2D eigenvalue weighted by Crippen LogP contribution is 2.64. The minimum atomic E-state index is -1.08. The first-order valence-corrected chi connectivity index (χ1v) is 14.5. The van der Waals surface area contributed by atoms with Gasteiger partial charge in [0.15, 0.2) is 0 Å². The van der Waals surface area contributed by atoms with Gasteiger partial charge in [-0.05, 0) is 70.1 Å². The molecule has 2 bridgehead atoms. The second-order valence-corrected chi connectivity index (χ2v) is 11.3. The maximum atomic E-state index is 14.7. The topological polar surface area (TPSA) is 96.4 Å². The SMILES string of the molecule is C=CCN(C(=O)C1N(CCCCCCO)C(=O)[C@@H]2[C@@H](C(=O)OCC)[C@@]3(CC)CCC12O3)c1cc(C)ccc1C. The smallest absolute Gasteiger partial charge is 0.312 e. The first-order valence-electron chi connectivity index (χ1n) is 14.5. The summed E-state index contributed by atoms with van der Waals surface area (Å²) in [5, 5.41) is 9.16. The summed E-state index contributed by atoms with van der Waals surface area (Å²) in [5.74, 6) is -2.28. The van der Waals surface area contributed by atoms with E-state index in [-0.39, 0.29) is 25.0 Å². The van der Waals surface area contributed by atoms with Crippen molar-refractivity contribution in [3.8, 4) is 0 Å². The Labute approximate surface area is 232 Å². The molecule has 1 aromatic carbocycles. The second kappa shape index (κ2) is 11.8. The molecule has 3 aliphatic heterocycles. The van der Waals surface area contributed by atoms with Gasteiger partial charge < -0.3 is 24.4 Å². The number of rotatable bonds is 13. The first kappa shape index (κ1) is 29.3. The zero-order chi connectivity index (χ0) is 28.4. The van der Waals surface area contributed by atoms with Crippen LogP contribution in [0.5, 0.6) is 0 Å². The van der Waals surface area contributed by atoms with Crippen LogP contribution in [0, 0.1) is 25.7 Å². The van der Waals surface area contributed by atoms with Gasteiger partial charge in [-0.25, -0.2) is 0 Å². The Morgan fingerprint density at radius 3 is 2.62 bits per heavy atom. The maximum absolute atomic E-state index is 14.7. The standard InChI is InChI=1S/C31H44N2O6/c1-6-17-32(23-20-21(4)13-14-22(23)5)28(36)26-31-16-15-30(7-2,39-31)25(29(37)38-8-3)24(31)27(35)33(26)18-11-9-10-12-19-34/h6,13-14,20,24-26,34H,1,7-12,15-19H2,2-5H3/t24-,25-,26?,30+,31?/m0/s1. The fraction of sp³-hybridized carbons (Fsp3) is 0.645. The number of fused-ring (bicyclic) bond motifs is 1. The Morgan fingerprint density at radius 1 is 1.21 bits per heavy atom. The summed E-state index contributed by atoms with van der Waals surface area (Å²) in [5.41, 5.74) is 0.887. The van der Waals surface area contributed by atoms with Crippen molar-refractivity contribution < 1.29 is 29.0 Å². The molecule has 8 heteroatoms. The van der Waals surface area contributed by atoms with Gasteiger partial charge in [0.1, 0.15) is 17.6 Å². The zero-order valence-corrected chi connectivity index (χ0v) is 23.9. The summed E-state index contributed by atoms with van der Waals surface area (Å²) in [7, 11) is 0. The highest BCUT2D eigenvalue weighted by atomic mass is 16.6. The van der Waals surface area contributed by atoms with Crippen LogP contribution in [0.25, 0.3) is 0 Å². The van der Waals surface area contributed by atoms with Gasteiger partial charge in [0.2, 0.25) is 5.91 Å². The third-order valence-electron chi connectivity index (χ3n) is 9.00. The molecule has 214 valence electrons. The molecule has 0 aromatic heterocycles. The van der Waals surface area contributed by atoms with Crippen LogP contribution >= 0.6 is 0 Å². The Balaban J connectivity index is 1.78. The molecular weight excluding hydrogens is 496 g/mol. The number of amides is 2. The quantitative estimate of drug-likeness (QED) is 0.230. The number of carbonyl (C=O) groups excluding carboxylic acids is 3. The van der Waals surface area contributed by atoms with Crippen molar-refractivity contribution in [3.63, 3.8) is 0 Å². The second-order valence-electron chi connectivity index (χ2n) is 11.3. The van der Waals surface area contributed by atoms with Crippen molar-refractivity contribution in [2.75, 3.05) is 31.2 Å². The molecule has 3 aliphatic rings. The summed E-state index contributed by atoms with van der Waals surface area (Å²) >= 11 is 0. The molecule has 5 atom stereocenters. The largest absolute Gasteiger partial charge is 0.466 e. The molecule has 3 heterocycles. The van der Waals surface area contributed by atoms with E-state index < -0.39 is 35.0 Å². The fourth-order valence-electron chi connectivity index (χ4n) is 7.17. The lowest BCUT2D eigenvalue weighted by Crippen LogP contribution is -2.56. The summed E-state index contributed by atoms with van der Waals surface area (Å²) in [4.78, 5) is 45.6. The van der Waals surface area contributed by atoms with Crippen molar-refractivity contribution in [3.05, 3.63) is 42.0 Å². The van der Waals surface area contributed by atoms with Gasteiger partial charge in [0.05, 0.1) is 18.1 Å². The van der Waals surface area contributed by atoms with Crippen molar-refractivity contribution in [1.82, 2.24) is 4.90 Å². The number of aryl methyl sites for hydroxylation is 2. The molecule has 2 unspecified atom stereocenters. The van der Waals surface area contributed by atoms with E-state index in [0.29, 0.717) is 45.2 Å². The number of aliphatic hydroxyl groups is 1. The first-order chi connectivity index (χ1) is 18.7. The predicted octanol–water partition coefficient (Wildman–Crippen LogP) is 4.09. The molecule has 3 fully saturated rings. The molecule has 4 rings (SSSR count). The molecule has 3 saturated heterocycles. The molecule has 1 aromatic rings. The molecule has 0 saturated carbocycles. The average molecular weight is 541 g/mol. The van der Waals surface area contributed by atoms with E-state index in [1.54, 1.807) is 22.8 Å². The molecular formula is C31H44N2O6. The number of carbonyl (C=O) groups is 3. The summed E-state index contributed by atoms with van der Waals surface area (Å²) in [6, 6.07) is 5.15. The summed E-state index contributed by atoms with van der Waals surface area (Å²) in [6.07, 6.45) is 6.50. The van der Waals surface area contributed by atoms with Crippen LogP contribution in [0.3, 0.4) is 0 Å². The van der Waals surface area contributed by atoms with Gasteiger partial charge in [-0.15, -0.1) is 6.58 Å². The van der Waals surface area contributed by atoms with Crippen molar-refractivity contribution in [1.29, 1.82) is 0 Å². The average Bonchev–Trinajstić information content (AvgIpc) is 3.52. The van der Waals surface area contributed by atoms with Crippen molar-refractivity contribution in [2.24, 2.45) is 11.8 Å². The molecule has 8 nitrogen and oxygen atoms in total. The Morgan fingerprint density at radius 2 is 1.95 bits per heavy atom. The zero-order valence-electron chi connectivity index (χ0n) is 23.9. The van der Waals surface area contributed by atoms with Gasteiger partial charge >= 0.3 is 5.97 Å². The molecule has 0 aliphatic carbocycles. The monoisotopic (exact) mass is 540 g/mol. The number of ether oxygens (including phenoxy) is 2. The lowest BCUT2D eigenvalue weighted by atomic mass is 9.65. The van der Waals surface area contributed by atoms with Crippen LogP contribution in [-0.4, -0.2) is 71.3 Å². The molecule has 1 N–H and O–H groups in total. The lowest BCUT2D eigenvalue weighted by Gasteiger charge is -2.37. The number of esters is 1. The number of hydrogen-bond donors (Lipinski definition) is 1. The Kier molecular flexibility index (Phi) is 8.86. The lowest BCUT2D eigenvalue weighted by molar-refractivity contribution is -0.160. The van der Waals surface area contributed by atoms with Crippen LogP contribution in [-0.2, 0) is 23.9 Å². The van der Waals surface area contributed by atoms with E-state index in [4.69, 9.17) is 14.6 Å². The normalized spacial score (nSPS) is 29.0. The van der Waals surface area contributed by atoms with E-state index >= 15 is 0 Å². The highest BCUT2D eigenvalue weighted by molar-refractivity contribution is 6.05. The Hall–Kier alpha value is -2.71. The highest BCUT2D eigenvalue weighted by Gasteiger charge is 2.79. The number of nitrogens with zero attached hydrogens (tertiary/aromatic N) is 2. The van der Waals surface area contributed by atoms with Gasteiger partial charge in [0.25, 0.3) is 5.91 Å². The third-order valence-corrected chi connectivity index (χ3v) is 9.00. The number of hydrogen-bond acceptors (Lipinski definition) is 6. The number of aliphatic hydroxyl groups excluding tert-OH is 1. The number of anilines is 1. The Bertz CT molecular complexity index is 1100. The van der Waals surface area contributed by atoms with Gasteiger partial charge in [-0.2, -0.15) is 0 Å². The predicted molar refractivity (Wildman–Crippen MR) is 149 cm³/mol. The number of likely N-dealkylation sites (tertiary alicyclic amines) is 1. The summed E-state index contributed by atoms with van der Waals surface area (Å²) < 4.78 is 12.3. The van der Waals surface area contributed by atoms with E-state index in [1.807, 2.05) is 39.0 Å². The minimum absolute atomic E-state index is 0.134. The number of unbranched alkanes of at least 4 members (excludes halogenated alkanes) is 3. The van der Waals surface area contributed by atoms with Gasteiger partial charge in [-0.1, -0.05) is 38.0 Å². The van der Waals surface area contributed by atoms with Gasteiger partial charge in [-0.3, -0.25) is 14.4 Å². The van der Waals surface area contributed by atoms with Crippen LogP contribution < -0.4 is 4.90 Å². The minimum Gasteiger partial charge on any atom is -0.466 e. The maximum Gasteiger partial charge on any atom is 0.312 e. The fourth-order valence-corrected chi connectivity index (χ4v) is 7.17. The van der Waals surface area contributed by atoms with Crippen molar-refractivity contribution in [2.45, 2.75) is 89.9 Å². The van der Waals surface area contributed by atoms with Crippen molar-refractivity contribution >= 4 is 23.5 Å². The molecule has 39 heavy (non-hydrogen) atoms. The number of benzene rings is 1. The van der Waals surface area contributed by atoms with Crippen LogP contribution in [0.2, 0.25) is 0 Å². The van der Waals surface area contributed by atoms with Gasteiger partial charge in [0, 0.05) is 25.4 Å². The molecule has 0 radical (unpaired) electrons. The molecule has 1 spiro atoms. The van der Waals surface area contributed by atoms with E-state index in [1.165, 1.54) is 0 Å². The van der Waals surface area contributed by atoms with E-state index in [9.17, 15) is 14.4 Å². The van der Waals surface area contributed by atoms with Crippen LogP contribution in [0.15, 0.2) is 30.9 Å².